The molecule has 54 heavy (non-hydrogen) atoms. The van der Waals surface area contributed by atoms with E-state index in [1.165, 1.54) is 15.6 Å². The van der Waals surface area contributed by atoms with Gasteiger partial charge in [-0.3, -0.25) is 4.79 Å². The van der Waals surface area contributed by atoms with E-state index in [2.05, 4.69) is 32.1 Å². The summed E-state index contributed by atoms with van der Waals surface area (Å²) < 4.78 is 30.5. The number of hydrogen-bond acceptors (Lipinski definition) is 6. The van der Waals surface area contributed by atoms with Gasteiger partial charge in [0, 0.05) is 40.5 Å². The van der Waals surface area contributed by atoms with Gasteiger partial charge >= 0.3 is 0 Å². The highest BCUT2D eigenvalue weighted by molar-refractivity contribution is 7.91. The number of aliphatic hydroxyl groups is 2. The summed E-state index contributed by atoms with van der Waals surface area (Å²) in [5.74, 6) is 0.0380. The second-order valence-corrected chi connectivity index (χ2v) is 20.4. The number of nitrogens with zero attached hydrogens (tertiary/aromatic N) is 1. The summed E-state index contributed by atoms with van der Waals surface area (Å²) in [5, 5.41) is 26.1. The van der Waals surface area contributed by atoms with Gasteiger partial charge in [-0.1, -0.05) is 123 Å². The summed E-state index contributed by atoms with van der Waals surface area (Å²) in [6.45, 7) is 4.68. The van der Waals surface area contributed by atoms with Gasteiger partial charge in [0.1, 0.15) is 4.21 Å². The summed E-state index contributed by atoms with van der Waals surface area (Å²) in [5.41, 5.74) is 0.885. The smallest absolute Gasteiger partial charge is 0.252 e. The number of benzene rings is 3. The molecule has 2 bridgehead atoms. The maximum Gasteiger partial charge on any atom is 0.252 e. The van der Waals surface area contributed by atoms with E-state index in [-0.39, 0.29) is 40.3 Å². The molecular formula is C46H49NO5S2. The van der Waals surface area contributed by atoms with Gasteiger partial charge in [-0.2, -0.15) is 4.31 Å². The Morgan fingerprint density at radius 2 is 1.48 bits per heavy atom. The molecule has 2 N–H and O–H groups in total. The van der Waals surface area contributed by atoms with Gasteiger partial charge in [0.15, 0.2) is 5.78 Å². The highest BCUT2D eigenvalue weighted by Gasteiger charge is 2.74. The van der Waals surface area contributed by atoms with E-state index in [4.69, 9.17) is 0 Å². The van der Waals surface area contributed by atoms with Crippen molar-refractivity contribution < 1.29 is 23.4 Å². The van der Waals surface area contributed by atoms with E-state index < -0.39 is 38.0 Å². The first-order valence-electron chi connectivity index (χ1n) is 19.5. The van der Waals surface area contributed by atoms with Crippen LogP contribution >= 0.6 is 11.3 Å². The summed E-state index contributed by atoms with van der Waals surface area (Å²) >= 11 is 1.20. The summed E-state index contributed by atoms with van der Waals surface area (Å²) in [4.78, 5) is 15.5. The molecule has 3 saturated carbocycles. The lowest BCUT2D eigenvalue weighted by molar-refractivity contribution is -0.173. The Labute approximate surface area is 323 Å². The Bertz CT molecular complexity index is 2250. The van der Waals surface area contributed by atoms with Crippen molar-refractivity contribution in [2.75, 3.05) is 6.54 Å². The van der Waals surface area contributed by atoms with Gasteiger partial charge < -0.3 is 10.2 Å². The van der Waals surface area contributed by atoms with Crippen LogP contribution in [0.4, 0.5) is 0 Å². The Balaban J connectivity index is 1.17. The molecule has 8 heteroatoms. The van der Waals surface area contributed by atoms with E-state index in [9.17, 15) is 18.6 Å². The molecule has 0 saturated heterocycles. The lowest BCUT2D eigenvalue weighted by Crippen LogP contribution is -2.67. The first kappa shape index (κ1) is 36.0. The molecule has 8 atom stereocenters. The van der Waals surface area contributed by atoms with Gasteiger partial charge in [-0.15, -0.1) is 11.3 Å². The van der Waals surface area contributed by atoms with Gasteiger partial charge in [0.25, 0.3) is 10.0 Å². The average Bonchev–Trinajstić information content (AvgIpc) is 3.82. The van der Waals surface area contributed by atoms with Gasteiger partial charge in [0.05, 0.1) is 11.7 Å². The first-order chi connectivity index (χ1) is 25.9. The van der Waals surface area contributed by atoms with E-state index in [0.29, 0.717) is 24.8 Å². The number of allylic oxidation sites excluding steroid dienone is 4. The molecule has 0 radical (unpaired) electrons. The number of sulfonamides is 1. The van der Waals surface area contributed by atoms with Crippen LogP contribution in [-0.4, -0.2) is 47.0 Å². The third-order valence-electron chi connectivity index (χ3n) is 14.9. The van der Waals surface area contributed by atoms with E-state index in [1.807, 2.05) is 84.9 Å². The highest BCUT2D eigenvalue weighted by atomic mass is 32.2. The van der Waals surface area contributed by atoms with E-state index >= 15 is 4.79 Å². The SMILES string of the molecule is C[C@]12CC[C@H]3[C@]4(C=C[C@@]5(C=C4C(=O)c4ccccc4-c4ccccc4)CC(O)CC[C@]35C)[C@@H]1CC[C@@]2(O)CN(Cc1ccccc1)S(=O)(=O)c1cccs1. The van der Waals surface area contributed by atoms with Crippen LogP contribution in [0.1, 0.15) is 74.7 Å². The number of hydrogen-bond donors (Lipinski definition) is 2. The average molecular weight is 760 g/mol. The number of ketones is 1. The molecule has 1 aromatic heterocycles. The van der Waals surface area contributed by atoms with Crippen molar-refractivity contribution in [1.82, 2.24) is 4.31 Å². The molecule has 3 aromatic carbocycles. The quantitative estimate of drug-likeness (QED) is 0.131. The fraction of sp³-hybridized carbons (Fsp3) is 0.413. The highest BCUT2D eigenvalue weighted by Crippen LogP contribution is 2.78. The molecule has 280 valence electrons. The second-order valence-electron chi connectivity index (χ2n) is 17.2. The number of Topliss-reactive ketones (excluding diaryl/α,β-unsaturated/α-hetero) is 1. The molecule has 6 aliphatic rings. The predicted octanol–water partition coefficient (Wildman–Crippen LogP) is 9.08. The van der Waals surface area contributed by atoms with Crippen LogP contribution in [0, 0.1) is 33.5 Å². The maximum absolute atomic E-state index is 15.5. The fourth-order valence-electron chi connectivity index (χ4n) is 12.1. The molecule has 2 spiro atoms. The van der Waals surface area contributed by atoms with Crippen LogP contribution in [0.5, 0.6) is 0 Å². The monoisotopic (exact) mass is 759 g/mol. The molecular weight excluding hydrogens is 711 g/mol. The van der Waals surface area contributed by atoms with Crippen molar-refractivity contribution in [2.24, 2.45) is 33.5 Å². The van der Waals surface area contributed by atoms with E-state index in [1.54, 1.807) is 17.5 Å². The minimum atomic E-state index is -3.92. The van der Waals surface area contributed by atoms with Crippen molar-refractivity contribution in [3.63, 3.8) is 0 Å². The van der Waals surface area contributed by atoms with Crippen LogP contribution < -0.4 is 0 Å². The molecule has 10 rings (SSSR count). The maximum atomic E-state index is 15.5. The molecule has 4 aromatic rings. The zero-order valence-corrected chi connectivity index (χ0v) is 32.7. The lowest BCUT2D eigenvalue weighted by Gasteiger charge is -2.71. The number of carbonyl (C=O) groups is 1. The Hall–Kier alpha value is -3.66. The van der Waals surface area contributed by atoms with Gasteiger partial charge in [0.2, 0.25) is 0 Å². The van der Waals surface area contributed by atoms with Crippen molar-refractivity contribution in [3.8, 4) is 11.1 Å². The zero-order valence-electron chi connectivity index (χ0n) is 31.0. The van der Waals surface area contributed by atoms with Crippen molar-refractivity contribution in [1.29, 1.82) is 0 Å². The minimum Gasteiger partial charge on any atom is -0.393 e. The third kappa shape index (κ3) is 5.06. The Kier molecular flexibility index (Phi) is 8.46. The molecule has 0 aliphatic heterocycles. The van der Waals surface area contributed by atoms with Gasteiger partial charge in [-0.05, 0) is 90.3 Å². The predicted molar refractivity (Wildman–Crippen MR) is 213 cm³/mol. The number of fused-ring (bicyclic) bond motifs is 1. The molecule has 1 heterocycles. The molecule has 0 amide bonds. The summed E-state index contributed by atoms with van der Waals surface area (Å²) in [6.07, 6.45) is 11.3. The van der Waals surface area contributed by atoms with Crippen LogP contribution in [-0.2, 0) is 16.6 Å². The van der Waals surface area contributed by atoms with Crippen molar-refractivity contribution >= 4 is 27.1 Å². The molecule has 3 fully saturated rings. The van der Waals surface area contributed by atoms with Crippen LogP contribution in [0.25, 0.3) is 11.1 Å². The number of rotatable bonds is 9. The largest absolute Gasteiger partial charge is 0.393 e. The lowest BCUT2D eigenvalue weighted by atomic mass is 9.32. The van der Waals surface area contributed by atoms with E-state index in [0.717, 1.165) is 47.9 Å². The molecule has 6 aliphatic carbocycles. The Morgan fingerprint density at radius 1 is 0.815 bits per heavy atom. The number of thiophene rings is 1. The van der Waals surface area contributed by atoms with Crippen LogP contribution in [0.15, 0.2) is 130 Å². The normalized spacial score (nSPS) is 35.3. The van der Waals surface area contributed by atoms with Gasteiger partial charge in [-0.25, -0.2) is 8.42 Å². The number of aliphatic hydroxyl groups excluding tert-OH is 1. The van der Waals surface area contributed by atoms with Crippen LogP contribution in [0.3, 0.4) is 0 Å². The van der Waals surface area contributed by atoms with Crippen molar-refractivity contribution in [2.45, 2.75) is 81.3 Å². The van der Waals surface area contributed by atoms with Crippen LogP contribution in [0.2, 0.25) is 0 Å². The topological polar surface area (TPSA) is 94.9 Å². The standard InChI is InChI=1S/C46H49NO5S2/c1-42-22-19-34(48)28-44(42)25-26-46(37(29-44)41(49)36-17-10-9-16-35(36)33-14-7-4-8-15-33)38(42)20-23-43(2)39(46)21-24-45(43,50)31-47(30-32-12-5-3-6-13-32)54(51,52)40-18-11-27-53-40/h3-18,25-27,29,34,38-39,48,50H,19-24,28,30-31H2,1-2H3/t34?,38-,39-,42-,43+,44+,45-,46-/m1/s1. The summed E-state index contributed by atoms with van der Waals surface area (Å²) in [7, 11) is -3.92. The molecule has 6 nitrogen and oxygen atoms in total. The third-order valence-corrected chi connectivity index (χ3v) is 18.1. The molecule has 1 unspecified atom stereocenters. The minimum absolute atomic E-state index is 0.0101. The zero-order chi connectivity index (χ0) is 37.6. The number of carbonyl (C=O) groups excluding carboxylic acids is 1. The Morgan fingerprint density at radius 3 is 2.22 bits per heavy atom. The first-order valence-corrected chi connectivity index (χ1v) is 21.8. The van der Waals surface area contributed by atoms with Crippen molar-refractivity contribution in [3.05, 3.63) is 137 Å². The summed E-state index contributed by atoms with van der Waals surface area (Å²) in [6, 6.07) is 31.0. The fourth-order valence-corrected chi connectivity index (χ4v) is 14.8. The second kappa shape index (κ2) is 12.7.